The zero-order valence-electron chi connectivity index (χ0n) is 19.4. The van der Waals surface area contributed by atoms with Crippen LogP contribution in [0.5, 0.6) is 11.5 Å². The molecule has 0 aliphatic carbocycles. The molecule has 9 heteroatoms. The molecule has 1 aromatic heterocycles. The number of fused-ring (bicyclic) bond motifs is 1. The van der Waals surface area contributed by atoms with Gasteiger partial charge in [-0.25, -0.2) is 4.39 Å². The number of pyridine rings is 1. The quantitative estimate of drug-likeness (QED) is 0.670. The fourth-order valence-electron chi connectivity index (χ4n) is 4.34. The maximum atomic E-state index is 14.4. The van der Waals surface area contributed by atoms with Gasteiger partial charge in [-0.3, -0.25) is 19.4 Å². The topological polar surface area (TPSA) is 97.8 Å². The number of hydrogen-bond acceptors (Lipinski definition) is 6. The highest BCUT2D eigenvalue weighted by Gasteiger charge is 2.53. The van der Waals surface area contributed by atoms with Crippen molar-refractivity contribution in [1.82, 2.24) is 15.2 Å². The number of halogens is 1. The Labute approximate surface area is 197 Å². The summed E-state index contributed by atoms with van der Waals surface area (Å²) in [6.07, 6.45) is -0.322. The number of ketones is 1. The number of benzene rings is 1. The van der Waals surface area contributed by atoms with E-state index in [0.29, 0.717) is 23.5 Å². The molecule has 1 aromatic carbocycles. The third kappa shape index (κ3) is 4.94. The van der Waals surface area contributed by atoms with E-state index >= 15 is 0 Å². The standard InChI is InChI=1S/C25H28FN3O5/c1-14(2)11-19(25(32)29-12-18(26)23-22(29)20(30)13-33-23)28-24(31)16-6-8-17(9-7-16)34-21-5-4-10-27-15(21)3/h4-10,14,18-19,22-23H,11-13H2,1-3H3,(H,28,31)/t18-,19?,22+,23+/m0/s1. The van der Waals surface area contributed by atoms with Gasteiger partial charge in [-0.15, -0.1) is 0 Å². The lowest BCUT2D eigenvalue weighted by Crippen LogP contribution is -2.52. The van der Waals surface area contributed by atoms with Gasteiger partial charge in [-0.1, -0.05) is 13.8 Å². The van der Waals surface area contributed by atoms with Gasteiger partial charge in [0.2, 0.25) is 5.91 Å². The first-order valence-corrected chi connectivity index (χ1v) is 11.3. The number of aryl methyl sites for hydroxylation is 1. The fourth-order valence-corrected chi connectivity index (χ4v) is 4.34. The molecule has 2 aliphatic rings. The second-order valence-electron chi connectivity index (χ2n) is 9.06. The maximum absolute atomic E-state index is 14.4. The number of nitrogens with zero attached hydrogens (tertiary/aromatic N) is 2. The number of amides is 2. The van der Waals surface area contributed by atoms with Crippen molar-refractivity contribution in [3.63, 3.8) is 0 Å². The van der Waals surface area contributed by atoms with Gasteiger partial charge in [0.1, 0.15) is 42.5 Å². The highest BCUT2D eigenvalue weighted by atomic mass is 19.1. The molecule has 0 spiro atoms. The smallest absolute Gasteiger partial charge is 0.251 e. The van der Waals surface area contributed by atoms with Crippen LogP contribution < -0.4 is 10.1 Å². The molecule has 2 saturated heterocycles. The van der Waals surface area contributed by atoms with Crippen LogP contribution in [0, 0.1) is 12.8 Å². The van der Waals surface area contributed by atoms with Crippen molar-refractivity contribution >= 4 is 17.6 Å². The van der Waals surface area contributed by atoms with Gasteiger partial charge >= 0.3 is 0 Å². The summed E-state index contributed by atoms with van der Waals surface area (Å²) < 4.78 is 25.4. The summed E-state index contributed by atoms with van der Waals surface area (Å²) in [5.74, 6) is 0.0187. The molecule has 180 valence electrons. The minimum absolute atomic E-state index is 0.0860. The van der Waals surface area contributed by atoms with E-state index in [2.05, 4.69) is 10.3 Å². The summed E-state index contributed by atoms with van der Waals surface area (Å²) >= 11 is 0. The summed E-state index contributed by atoms with van der Waals surface area (Å²) in [5.41, 5.74) is 1.09. The van der Waals surface area contributed by atoms with Gasteiger partial charge in [-0.05, 0) is 55.7 Å². The zero-order valence-corrected chi connectivity index (χ0v) is 19.4. The van der Waals surface area contributed by atoms with Gasteiger partial charge in [0, 0.05) is 11.8 Å². The Morgan fingerprint density at radius 3 is 2.68 bits per heavy atom. The molecule has 2 aliphatic heterocycles. The third-order valence-corrected chi connectivity index (χ3v) is 6.02. The van der Waals surface area contributed by atoms with E-state index in [1.807, 2.05) is 20.8 Å². The Morgan fingerprint density at radius 1 is 1.26 bits per heavy atom. The molecule has 0 bridgehead atoms. The van der Waals surface area contributed by atoms with Crippen LogP contribution in [0.3, 0.4) is 0 Å². The first kappa shape index (κ1) is 23.8. The molecule has 8 nitrogen and oxygen atoms in total. The number of carbonyl (C=O) groups is 3. The van der Waals surface area contributed by atoms with Gasteiger partial charge in [-0.2, -0.15) is 0 Å². The molecule has 4 rings (SSSR count). The average molecular weight is 470 g/mol. The number of nitrogens with one attached hydrogen (secondary N) is 1. The molecule has 0 radical (unpaired) electrons. The summed E-state index contributed by atoms with van der Waals surface area (Å²) in [6.45, 7) is 5.26. The van der Waals surface area contributed by atoms with Crippen molar-refractivity contribution in [2.45, 2.75) is 51.6 Å². The van der Waals surface area contributed by atoms with E-state index in [4.69, 9.17) is 9.47 Å². The van der Waals surface area contributed by atoms with Crippen molar-refractivity contribution in [2.24, 2.45) is 5.92 Å². The highest BCUT2D eigenvalue weighted by Crippen LogP contribution is 2.30. The van der Waals surface area contributed by atoms with Crippen molar-refractivity contribution < 1.29 is 28.2 Å². The Morgan fingerprint density at radius 2 is 2.00 bits per heavy atom. The minimum atomic E-state index is -1.42. The third-order valence-electron chi connectivity index (χ3n) is 6.02. The van der Waals surface area contributed by atoms with Gasteiger partial charge in [0.15, 0.2) is 5.78 Å². The molecule has 3 heterocycles. The average Bonchev–Trinajstić information content (AvgIpc) is 3.35. The van der Waals surface area contributed by atoms with Crippen molar-refractivity contribution in [2.75, 3.05) is 13.2 Å². The molecular weight excluding hydrogens is 441 g/mol. The summed E-state index contributed by atoms with van der Waals surface area (Å²) in [5, 5.41) is 2.77. The van der Waals surface area contributed by atoms with Crippen LogP contribution in [-0.2, 0) is 14.3 Å². The molecule has 34 heavy (non-hydrogen) atoms. The van der Waals surface area contributed by atoms with E-state index in [1.165, 1.54) is 4.90 Å². The lowest BCUT2D eigenvalue weighted by molar-refractivity contribution is -0.138. The highest BCUT2D eigenvalue weighted by molar-refractivity contribution is 5.99. The number of carbonyl (C=O) groups excluding carboxylic acids is 3. The van der Waals surface area contributed by atoms with E-state index < -0.39 is 36.2 Å². The largest absolute Gasteiger partial charge is 0.455 e. The molecule has 2 aromatic rings. The van der Waals surface area contributed by atoms with Crippen LogP contribution in [0.1, 0.15) is 36.3 Å². The Hall–Kier alpha value is -3.33. The lowest BCUT2D eigenvalue weighted by Gasteiger charge is -2.28. The monoisotopic (exact) mass is 469 g/mol. The van der Waals surface area contributed by atoms with Crippen LogP contribution in [0.2, 0.25) is 0 Å². The molecular formula is C25H28FN3O5. The SMILES string of the molecule is Cc1ncccc1Oc1ccc(C(=O)NC(CC(C)C)C(=O)N2C[C@H](F)[C@H]3OCC(=O)[C@H]32)cc1. The van der Waals surface area contributed by atoms with E-state index in [0.717, 1.165) is 5.69 Å². The maximum Gasteiger partial charge on any atom is 0.251 e. The summed E-state index contributed by atoms with van der Waals surface area (Å²) in [6, 6.07) is 8.28. The number of ether oxygens (including phenoxy) is 2. The van der Waals surface area contributed by atoms with Crippen LogP contribution >= 0.6 is 0 Å². The van der Waals surface area contributed by atoms with Crippen molar-refractivity contribution in [3.05, 3.63) is 53.9 Å². The number of hydrogen-bond donors (Lipinski definition) is 1. The number of aromatic nitrogens is 1. The molecule has 1 N–H and O–H groups in total. The fraction of sp³-hybridized carbons (Fsp3) is 0.440. The summed E-state index contributed by atoms with van der Waals surface area (Å²) in [7, 11) is 0. The predicted octanol–water partition coefficient (Wildman–Crippen LogP) is 2.84. The van der Waals surface area contributed by atoms with Crippen molar-refractivity contribution in [3.8, 4) is 11.5 Å². The van der Waals surface area contributed by atoms with Gasteiger partial charge in [0.25, 0.3) is 5.91 Å². The van der Waals surface area contributed by atoms with Gasteiger partial charge < -0.3 is 19.7 Å². The molecule has 0 saturated carbocycles. The lowest BCUT2D eigenvalue weighted by atomic mass is 10.0. The number of alkyl halides is 1. The van der Waals surface area contributed by atoms with Crippen LogP contribution in [0.15, 0.2) is 42.6 Å². The minimum Gasteiger partial charge on any atom is -0.455 e. The molecule has 4 atom stereocenters. The second kappa shape index (κ2) is 9.89. The zero-order chi connectivity index (χ0) is 24.4. The molecule has 2 amide bonds. The number of likely N-dealkylation sites (tertiary alicyclic amines) is 1. The van der Waals surface area contributed by atoms with Crippen LogP contribution in [0.4, 0.5) is 4.39 Å². The first-order valence-electron chi connectivity index (χ1n) is 11.3. The number of Topliss-reactive ketones (excluding diaryl/α,β-unsaturated/α-hetero) is 1. The van der Waals surface area contributed by atoms with E-state index in [9.17, 15) is 18.8 Å². The second-order valence-corrected chi connectivity index (χ2v) is 9.06. The van der Waals surface area contributed by atoms with Crippen LogP contribution in [0.25, 0.3) is 0 Å². The molecule has 1 unspecified atom stereocenters. The summed E-state index contributed by atoms with van der Waals surface area (Å²) in [4.78, 5) is 43.8. The Bertz CT molecular complexity index is 1070. The number of rotatable bonds is 7. The first-order chi connectivity index (χ1) is 16.2. The Kier molecular flexibility index (Phi) is 6.92. The van der Waals surface area contributed by atoms with Crippen molar-refractivity contribution in [1.29, 1.82) is 0 Å². The normalized spacial score (nSPS) is 22.6. The van der Waals surface area contributed by atoms with Crippen LogP contribution in [-0.4, -0.2) is 65.0 Å². The van der Waals surface area contributed by atoms with E-state index in [-0.39, 0.29) is 24.9 Å². The van der Waals surface area contributed by atoms with Gasteiger partial charge in [0.05, 0.1) is 12.2 Å². The Balaban J connectivity index is 1.46. The van der Waals surface area contributed by atoms with E-state index in [1.54, 1.807) is 42.6 Å². The predicted molar refractivity (Wildman–Crippen MR) is 121 cm³/mol. The molecule has 2 fully saturated rings.